The lowest BCUT2D eigenvalue weighted by Crippen LogP contribution is -2.01. The van der Waals surface area contributed by atoms with Crippen molar-refractivity contribution in [1.82, 2.24) is 0 Å². The molecule has 0 unspecified atom stereocenters. The molecule has 3 aromatic rings. The van der Waals surface area contributed by atoms with Crippen LogP contribution in [0.15, 0.2) is 79.4 Å². The van der Waals surface area contributed by atoms with Crippen LogP contribution < -0.4 is 4.74 Å². The third kappa shape index (κ3) is 5.88. The molecule has 0 N–H and O–H groups in total. The van der Waals surface area contributed by atoms with Crippen LogP contribution >= 0.6 is 0 Å². The maximum Gasteiger partial charge on any atom is 0.165 e. The zero-order chi connectivity index (χ0) is 22.2. The molecule has 0 aliphatic rings. The largest absolute Gasteiger partial charge is 0.486 e. The summed E-state index contributed by atoms with van der Waals surface area (Å²) in [6, 6.07) is 14.3. The Kier molecular flexibility index (Phi) is 7.71. The van der Waals surface area contributed by atoms with E-state index in [1.165, 1.54) is 24.3 Å². The molecule has 4 heteroatoms. The highest BCUT2D eigenvalue weighted by atomic mass is 19.1. The molecule has 0 bridgehead atoms. The highest BCUT2D eigenvalue weighted by molar-refractivity contribution is 5.65. The van der Waals surface area contributed by atoms with E-state index in [0.717, 1.165) is 12.0 Å². The van der Waals surface area contributed by atoms with E-state index in [9.17, 15) is 13.2 Å². The van der Waals surface area contributed by atoms with E-state index < -0.39 is 5.82 Å². The van der Waals surface area contributed by atoms with Crippen molar-refractivity contribution in [3.63, 3.8) is 0 Å². The first-order valence-corrected chi connectivity index (χ1v) is 10.2. The van der Waals surface area contributed by atoms with Crippen LogP contribution in [-0.4, -0.2) is 0 Å². The lowest BCUT2D eigenvalue weighted by Gasteiger charge is -2.11. The Balaban J connectivity index is 1.70. The van der Waals surface area contributed by atoms with Gasteiger partial charge in [-0.1, -0.05) is 48.6 Å². The molecule has 1 nitrogen and oxygen atoms in total. The van der Waals surface area contributed by atoms with Crippen LogP contribution in [0, 0.1) is 17.5 Å². The van der Waals surface area contributed by atoms with Crippen molar-refractivity contribution in [3.05, 3.63) is 114 Å². The monoisotopic (exact) mass is 422 g/mol. The van der Waals surface area contributed by atoms with E-state index in [1.807, 2.05) is 25.1 Å². The Morgan fingerprint density at radius 1 is 0.839 bits per heavy atom. The van der Waals surface area contributed by atoms with Crippen LogP contribution in [0.1, 0.15) is 30.0 Å². The fourth-order valence-electron chi connectivity index (χ4n) is 3.22. The summed E-state index contributed by atoms with van der Waals surface area (Å²) in [5, 5.41) is 0. The van der Waals surface area contributed by atoms with E-state index in [4.69, 9.17) is 4.74 Å². The van der Waals surface area contributed by atoms with Gasteiger partial charge in [0, 0.05) is 5.56 Å². The van der Waals surface area contributed by atoms with Crippen molar-refractivity contribution in [2.45, 2.75) is 32.8 Å². The first-order valence-electron chi connectivity index (χ1n) is 10.2. The molecular formula is C27H25F3O. The van der Waals surface area contributed by atoms with Crippen LogP contribution in [0.5, 0.6) is 5.75 Å². The average molecular weight is 422 g/mol. The van der Waals surface area contributed by atoms with Crippen molar-refractivity contribution in [3.8, 4) is 16.9 Å². The molecule has 0 heterocycles. The van der Waals surface area contributed by atoms with Gasteiger partial charge < -0.3 is 4.74 Å². The van der Waals surface area contributed by atoms with Gasteiger partial charge >= 0.3 is 0 Å². The zero-order valence-corrected chi connectivity index (χ0v) is 17.5. The summed E-state index contributed by atoms with van der Waals surface area (Å²) in [5.74, 6) is -1.28. The average Bonchev–Trinajstić information content (AvgIpc) is 2.77. The molecule has 31 heavy (non-hydrogen) atoms. The van der Waals surface area contributed by atoms with Gasteiger partial charge in [0.1, 0.15) is 18.2 Å². The number of hydrogen-bond donors (Lipinski definition) is 0. The predicted octanol–water partition coefficient (Wildman–Crippen LogP) is 7.59. The molecule has 0 spiro atoms. The minimum atomic E-state index is -0.584. The predicted molar refractivity (Wildman–Crippen MR) is 120 cm³/mol. The second-order valence-electron chi connectivity index (χ2n) is 7.27. The number of hydrogen-bond acceptors (Lipinski definition) is 1. The maximum absolute atomic E-state index is 14.6. The first-order chi connectivity index (χ1) is 15.0. The molecular weight excluding hydrogens is 397 g/mol. The van der Waals surface area contributed by atoms with E-state index >= 15 is 0 Å². The molecule has 0 saturated heterocycles. The Labute approximate surface area is 181 Å². The second kappa shape index (κ2) is 10.7. The molecule has 0 aliphatic heterocycles. The van der Waals surface area contributed by atoms with E-state index in [0.29, 0.717) is 35.1 Å². The topological polar surface area (TPSA) is 9.23 Å². The Hall–Kier alpha value is -3.27. The summed E-state index contributed by atoms with van der Waals surface area (Å²) < 4.78 is 48.6. The minimum Gasteiger partial charge on any atom is -0.486 e. The van der Waals surface area contributed by atoms with Crippen molar-refractivity contribution < 1.29 is 17.9 Å². The van der Waals surface area contributed by atoms with Crippen LogP contribution in [0.25, 0.3) is 11.1 Å². The Morgan fingerprint density at radius 3 is 2.16 bits per heavy atom. The highest BCUT2D eigenvalue weighted by Crippen LogP contribution is 2.28. The van der Waals surface area contributed by atoms with Crippen molar-refractivity contribution in [1.29, 1.82) is 0 Å². The van der Waals surface area contributed by atoms with Gasteiger partial charge in [-0.2, -0.15) is 0 Å². The molecule has 0 radical (unpaired) electrons. The Morgan fingerprint density at radius 2 is 1.52 bits per heavy atom. The van der Waals surface area contributed by atoms with E-state index in [1.54, 1.807) is 30.3 Å². The zero-order valence-electron chi connectivity index (χ0n) is 17.5. The Bertz CT molecular complexity index is 1090. The maximum atomic E-state index is 14.6. The normalized spacial score (nSPS) is 11.1. The van der Waals surface area contributed by atoms with Gasteiger partial charge in [0.25, 0.3) is 0 Å². The number of rotatable bonds is 9. The van der Waals surface area contributed by atoms with E-state index in [2.05, 4.69) is 6.58 Å². The number of aryl methyl sites for hydroxylation is 1. The van der Waals surface area contributed by atoms with Gasteiger partial charge in [0.15, 0.2) is 11.6 Å². The molecule has 3 rings (SSSR count). The van der Waals surface area contributed by atoms with Crippen LogP contribution in [-0.2, 0) is 19.4 Å². The third-order valence-electron chi connectivity index (χ3n) is 5.03. The third-order valence-corrected chi connectivity index (χ3v) is 5.03. The summed E-state index contributed by atoms with van der Waals surface area (Å²) in [7, 11) is 0. The van der Waals surface area contributed by atoms with Crippen molar-refractivity contribution in [2.24, 2.45) is 0 Å². The summed E-state index contributed by atoms with van der Waals surface area (Å²) in [4.78, 5) is 0. The van der Waals surface area contributed by atoms with Gasteiger partial charge in [-0.3, -0.25) is 0 Å². The molecule has 160 valence electrons. The molecule has 0 saturated carbocycles. The van der Waals surface area contributed by atoms with Crippen molar-refractivity contribution in [2.75, 3.05) is 0 Å². The summed E-state index contributed by atoms with van der Waals surface area (Å²) >= 11 is 0. The number of allylic oxidation sites excluding steroid dienone is 3. The molecule has 0 aromatic heterocycles. The van der Waals surface area contributed by atoms with Gasteiger partial charge in [-0.25, -0.2) is 13.2 Å². The molecule has 0 atom stereocenters. The summed E-state index contributed by atoms with van der Waals surface area (Å²) in [6.07, 6.45) is 7.53. The number of benzene rings is 3. The van der Waals surface area contributed by atoms with Gasteiger partial charge in [0.05, 0.1) is 0 Å². The van der Waals surface area contributed by atoms with Crippen LogP contribution in [0.4, 0.5) is 13.2 Å². The molecule has 0 amide bonds. The highest BCUT2D eigenvalue weighted by Gasteiger charge is 2.11. The fraction of sp³-hybridized carbons (Fsp3) is 0.185. The molecule has 3 aromatic carbocycles. The molecule has 0 aliphatic carbocycles. The quantitative estimate of drug-likeness (QED) is 0.323. The summed E-state index contributed by atoms with van der Waals surface area (Å²) in [5.41, 5.74) is 2.93. The fourth-order valence-corrected chi connectivity index (χ4v) is 3.22. The minimum absolute atomic E-state index is 0.0176. The SMILES string of the molecule is C=CCCc1ccc(COc2ccc(-c3ccc(C/C=C/C)c(F)c3)cc2F)c(F)c1. The standard InChI is InChI=1S/C27H25F3O/c1-3-5-7-19-9-10-23(24(28)15-19)18-31-27-14-13-22(17-26(27)30)21-12-11-20(8-6-4-2)25(29)16-21/h3-4,6,9-17H,1,5,7-8,18H2,2H3/b6-4+. The lowest BCUT2D eigenvalue weighted by molar-refractivity contribution is 0.285. The van der Waals surface area contributed by atoms with Crippen LogP contribution in [0.3, 0.4) is 0 Å². The number of halogens is 3. The number of ether oxygens (including phenoxy) is 1. The van der Waals surface area contributed by atoms with Gasteiger partial charge in [-0.05, 0) is 72.7 Å². The smallest absolute Gasteiger partial charge is 0.165 e. The van der Waals surface area contributed by atoms with Gasteiger partial charge in [-0.15, -0.1) is 6.58 Å². The van der Waals surface area contributed by atoms with Crippen molar-refractivity contribution >= 4 is 0 Å². The summed E-state index contributed by atoms with van der Waals surface area (Å²) in [6.45, 7) is 5.46. The van der Waals surface area contributed by atoms with Gasteiger partial charge in [0.2, 0.25) is 0 Å². The van der Waals surface area contributed by atoms with Crippen LogP contribution in [0.2, 0.25) is 0 Å². The van der Waals surface area contributed by atoms with E-state index in [-0.39, 0.29) is 24.0 Å². The molecule has 0 fully saturated rings. The lowest BCUT2D eigenvalue weighted by atomic mass is 10.0. The first kappa shape index (κ1) is 22.4. The second-order valence-corrected chi connectivity index (χ2v) is 7.27.